The van der Waals surface area contributed by atoms with E-state index in [1.54, 1.807) is 22.1 Å². The predicted molar refractivity (Wildman–Crippen MR) is 224 cm³/mol. The largest absolute Gasteiger partial charge is 0.395 e. The van der Waals surface area contributed by atoms with Crippen molar-refractivity contribution in [2.24, 2.45) is 16.5 Å². The number of benzene rings is 2. The lowest BCUT2D eigenvalue weighted by Crippen LogP contribution is -2.52. The third-order valence-electron chi connectivity index (χ3n) is 10.8. The molecule has 1 atom stereocenters. The molecule has 2 aliphatic heterocycles. The quantitative estimate of drug-likeness (QED) is 0.0997. The Labute approximate surface area is 348 Å². The minimum absolute atomic E-state index is 0.142. The number of aromatic nitrogens is 1. The van der Waals surface area contributed by atoms with E-state index in [9.17, 15) is 33.9 Å². The van der Waals surface area contributed by atoms with Crippen molar-refractivity contribution in [1.29, 1.82) is 0 Å². The Morgan fingerprint density at radius 3 is 2.48 bits per heavy atom. The van der Waals surface area contributed by atoms with E-state index in [1.165, 1.54) is 0 Å². The number of carbonyl (C=O) groups excluding carboxylic acids is 6. The van der Waals surface area contributed by atoms with Crippen LogP contribution in [0.5, 0.6) is 0 Å². The first kappa shape index (κ1) is 43.1. The van der Waals surface area contributed by atoms with Crippen LogP contribution in [0.1, 0.15) is 60.6 Å². The van der Waals surface area contributed by atoms with Crippen LogP contribution in [-0.2, 0) is 53.6 Å². The van der Waals surface area contributed by atoms with Crippen LogP contribution in [0.2, 0.25) is 0 Å². The highest BCUT2D eigenvalue weighted by Crippen LogP contribution is 2.50. The molecule has 0 bridgehead atoms. The van der Waals surface area contributed by atoms with Gasteiger partial charge in [0, 0.05) is 62.3 Å². The molecule has 6 rings (SSSR count). The third kappa shape index (κ3) is 10.6. The number of amides is 6. The molecule has 6 amide bonds. The number of hydrogen-bond acceptors (Lipinski definition) is 11. The average Bonchev–Trinajstić information content (AvgIpc) is 4.08. The van der Waals surface area contributed by atoms with Crippen molar-refractivity contribution in [2.75, 3.05) is 51.2 Å². The lowest BCUT2D eigenvalue weighted by molar-refractivity contribution is -0.134. The number of carbonyl (C=O) groups is 6. The molecule has 3 aromatic rings. The maximum atomic E-state index is 13.9. The van der Waals surface area contributed by atoms with E-state index in [4.69, 9.17) is 11.5 Å². The van der Waals surface area contributed by atoms with Crippen molar-refractivity contribution in [3.63, 3.8) is 0 Å². The SMILES string of the molecule is CCCN(CCO)C(=O)C1=Cc2ccc(C3(C(=O)Nc4cnc5c(c4)CN(C(=O)CNC(=O)[C@H](Cc4ccccc4)NC(=O)CNC(=O)CN)CC5)CC3)cc2N=C(N)C1. The molecule has 2 aromatic carbocycles. The molecule has 3 aliphatic rings. The van der Waals surface area contributed by atoms with Crippen LogP contribution < -0.4 is 32.7 Å². The number of pyridine rings is 1. The Balaban J connectivity index is 1.08. The molecule has 17 heteroatoms. The number of amidine groups is 1. The molecule has 0 saturated heterocycles. The Hall–Kier alpha value is -6.46. The number of nitrogens with two attached hydrogens (primary N) is 2. The number of hydrogen-bond donors (Lipinski definition) is 7. The molecule has 60 heavy (non-hydrogen) atoms. The fourth-order valence-corrected chi connectivity index (χ4v) is 7.42. The molecule has 316 valence electrons. The summed E-state index contributed by atoms with van der Waals surface area (Å²) in [6.45, 7) is 2.21. The summed E-state index contributed by atoms with van der Waals surface area (Å²) in [4.78, 5) is 90.5. The summed E-state index contributed by atoms with van der Waals surface area (Å²) in [5.41, 5.74) is 16.2. The van der Waals surface area contributed by atoms with E-state index in [0.717, 1.165) is 28.8 Å². The Morgan fingerprint density at radius 2 is 1.77 bits per heavy atom. The Kier molecular flexibility index (Phi) is 14.0. The highest BCUT2D eigenvalue weighted by atomic mass is 16.3. The van der Waals surface area contributed by atoms with E-state index >= 15 is 0 Å². The van der Waals surface area contributed by atoms with Crippen molar-refractivity contribution in [3.05, 3.63) is 94.3 Å². The molecule has 1 fully saturated rings. The monoisotopic (exact) mass is 820 g/mol. The molecule has 1 saturated carbocycles. The predicted octanol–water partition coefficient (Wildman–Crippen LogP) is 0.562. The molecule has 0 spiro atoms. The van der Waals surface area contributed by atoms with Crippen molar-refractivity contribution in [1.82, 2.24) is 30.7 Å². The van der Waals surface area contributed by atoms with Crippen LogP contribution in [0.3, 0.4) is 0 Å². The van der Waals surface area contributed by atoms with Crippen LogP contribution in [0, 0.1) is 0 Å². The lowest BCUT2D eigenvalue weighted by atomic mass is 9.92. The maximum absolute atomic E-state index is 13.9. The molecule has 17 nitrogen and oxygen atoms in total. The van der Waals surface area contributed by atoms with E-state index in [2.05, 4.69) is 31.2 Å². The summed E-state index contributed by atoms with van der Waals surface area (Å²) in [6, 6.07) is 15.5. The van der Waals surface area contributed by atoms with Gasteiger partial charge in [-0.05, 0) is 54.2 Å². The summed E-state index contributed by atoms with van der Waals surface area (Å²) in [7, 11) is 0. The summed E-state index contributed by atoms with van der Waals surface area (Å²) >= 11 is 0. The zero-order chi connectivity index (χ0) is 42.8. The van der Waals surface area contributed by atoms with Crippen molar-refractivity contribution in [3.8, 4) is 0 Å². The second-order valence-electron chi connectivity index (χ2n) is 15.2. The zero-order valence-corrected chi connectivity index (χ0v) is 33.7. The zero-order valence-electron chi connectivity index (χ0n) is 33.7. The molecule has 3 heterocycles. The summed E-state index contributed by atoms with van der Waals surface area (Å²) in [5, 5.41) is 20.2. The van der Waals surface area contributed by atoms with E-state index in [1.807, 2.05) is 61.5 Å². The van der Waals surface area contributed by atoms with E-state index < -0.39 is 29.2 Å². The van der Waals surface area contributed by atoms with Crippen LogP contribution in [0.15, 0.2) is 71.4 Å². The number of anilines is 1. The van der Waals surface area contributed by atoms with Gasteiger partial charge >= 0.3 is 0 Å². The first-order valence-electron chi connectivity index (χ1n) is 20.2. The van der Waals surface area contributed by atoms with Crippen LogP contribution in [0.25, 0.3) is 6.08 Å². The number of nitrogens with zero attached hydrogens (tertiary/aromatic N) is 4. The molecular weight excluding hydrogens is 769 g/mol. The van der Waals surface area contributed by atoms with Gasteiger partial charge in [-0.25, -0.2) is 4.99 Å². The van der Waals surface area contributed by atoms with Gasteiger partial charge < -0.3 is 47.6 Å². The molecule has 1 aliphatic carbocycles. The molecular formula is C43H52N10O7. The highest BCUT2D eigenvalue weighted by Gasteiger charge is 2.51. The van der Waals surface area contributed by atoms with Crippen molar-refractivity contribution < 1.29 is 33.9 Å². The number of aliphatic imine (C=N–C) groups is 1. The van der Waals surface area contributed by atoms with Crippen LogP contribution in [0.4, 0.5) is 11.4 Å². The molecule has 1 aromatic heterocycles. The fraction of sp³-hybridized carbons (Fsp3) is 0.395. The number of rotatable bonds is 17. The summed E-state index contributed by atoms with van der Waals surface area (Å²) < 4.78 is 0. The molecule has 0 radical (unpaired) electrons. The summed E-state index contributed by atoms with van der Waals surface area (Å²) in [6.07, 6.45) is 6.19. The standard InChI is InChI=1S/C43H52N10O7/c1-2-13-52(15-16-54)41(59)29-18-28-8-9-31(21-34(28)50-36(45)20-29)43(11-12-43)42(60)49-32-19-30-26-53(14-10-33(30)46-23-32)39(57)25-48-40(58)35(17-27-6-4-3-5-7-27)51-38(56)24-47-37(55)22-44/h3-9,18-19,21,23,35,54H,2,10-17,20,22,24-26,44H2,1H3,(H2,45,50)(H,47,55)(H,48,58)(H,49,60)(H,51,56)/t35-/m0/s1. The van der Waals surface area contributed by atoms with Gasteiger partial charge in [-0.15, -0.1) is 0 Å². The fourth-order valence-electron chi connectivity index (χ4n) is 7.42. The Morgan fingerprint density at radius 1 is 0.983 bits per heavy atom. The van der Waals surface area contributed by atoms with Crippen LogP contribution >= 0.6 is 0 Å². The van der Waals surface area contributed by atoms with Crippen molar-refractivity contribution in [2.45, 2.75) is 63.5 Å². The van der Waals surface area contributed by atoms with Crippen molar-refractivity contribution >= 4 is 58.7 Å². The van der Waals surface area contributed by atoms with E-state index in [-0.39, 0.29) is 75.7 Å². The first-order chi connectivity index (χ1) is 28.9. The van der Waals surface area contributed by atoms with Gasteiger partial charge in [0.2, 0.25) is 35.4 Å². The topological polar surface area (TPSA) is 255 Å². The second-order valence-corrected chi connectivity index (χ2v) is 15.2. The average molecular weight is 821 g/mol. The molecule has 9 N–H and O–H groups in total. The normalized spacial score (nSPS) is 15.4. The van der Waals surface area contributed by atoms with Gasteiger partial charge in [-0.2, -0.15) is 0 Å². The number of aliphatic hydroxyl groups excluding tert-OH is 1. The number of nitrogens with one attached hydrogen (secondary N) is 4. The van der Waals surface area contributed by atoms with Gasteiger partial charge in [0.25, 0.3) is 0 Å². The summed E-state index contributed by atoms with van der Waals surface area (Å²) in [5.74, 6) is -2.11. The number of fused-ring (bicyclic) bond motifs is 2. The second kappa shape index (κ2) is 19.5. The Bertz CT molecular complexity index is 2180. The maximum Gasteiger partial charge on any atom is 0.250 e. The minimum atomic E-state index is -1.01. The van der Waals surface area contributed by atoms with Gasteiger partial charge in [0.15, 0.2) is 0 Å². The van der Waals surface area contributed by atoms with Gasteiger partial charge in [0.05, 0.1) is 49.2 Å². The molecule has 0 unspecified atom stereocenters. The minimum Gasteiger partial charge on any atom is -0.395 e. The first-order valence-corrected chi connectivity index (χ1v) is 20.2. The number of aliphatic hydroxyl groups is 1. The third-order valence-corrected chi connectivity index (χ3v) is 10.8. The van der Waals surface area contributed by atoms with Crippen LogP contribution in [-0.4, -0.2) is 113 Å². The van der Waals surface area contributed by atoms with Gasteiger partial charge in [-0.1, -0.05) is 49.4 Å². The van der Waals surface area contributed by atoms with E-state index in [0.29, 0.717) is 54.9 Å². The smallest absolute Gasteiger partial charge is 0.250 e. The van der Waals surface area contributed by atoms with Gasteiger partial charge in [0.1, 0.15) is 11.9 Å². The highest BCUT2D eigenvalue weighted by molar-refractivity contribution is 6.06. The lowest BCUT2D eigenvalue weighted by Gasteiger charge is -2.29. The van der Waals surface area contributed by atoms with Gasteiger partial charge in [-0.3, -0.25) is 33.8 Å².